The van der Waals surface area contributed by atoms with Gasteiger partial charge in [-0.1, -0.05) is 90.8 Å². The summed E-state index contributed by atoms with van der Waals surface area (Å²) in [5, 5.41) is 27.0. The Labute approximate surface area is 358 Å². The van der Waals surface area contributed by atoms with Crippen LogP contribution in [0.2, 0.25) is 0 Å². The van der Waals surface area contributed by atoms with Crippen LogP contribution in [-0.2, 0) is 22.6 Å². The molecule has 6 unspecified atom stereocenters. The molecule has 1 fully saturated rings. The lowest BCUT2D eigenvalue weighted by atomic mass is 9.56. The molecule has 3 aliphatic rings. The van der Waals surface area contributed by atoms with Crippen LogP contribution in [0.15, 0.2) is 145 Å². The van der Waals surface area contributed by atoms with Crippen molar-refractivity contribution in [1.82, 2.24) is 4.98 Å². The molecular weight excluding hydrogens is 769 g/mol. The first-order valence-electron chi connectivity index (χ1n) is 21.5. The summed E-state index contributed by atoms with van der Waals surface area (Å²) >= 11 is 1.87. The molecule has 0 saturated heterocycles. The second-order valence-corrected chi connectivity index (χ2v) is 17.4. The van der Waals surface area contributed by atoms with Gasteiger partial charge in [-0.3, -0.25) is 4.98 Å². The molecule has 0 amide bonds. The topological polar surface area (TPSA) is 103 Å². The number of aromatic nitrogens is 1. The van der Waals surface area contributed by atoms with Crippen molar-refractivity contribution in [1.29, 1.82) is 0 Å². The molecule has 8 rings (SSSR count). The van der Waals surface area contributed by atoms with Crippen molar-refractivity contribution in [3.05, 3.63) is 157 Å². The van der Waals surface area contributed by atoms with Crippen LogP contribution in [0.3, 0.4) is 0 Å². The largest absolute Gasteiger partial charge is 0.460 e. The van der Waals surface area contributed by atoms with Crippen molar-refractivity contribution < 1.29 is 29.3 Å². The van der Waals surface area contributed by atoms with E-state index in [0.29, 0.717) is 19.6 Å². The fraction of sp³-hybridized carbons (Fsp3) is 0.373. The molecule has 9 heteroatoms. The lowest BCUT2D eigenvalue weighted by Gasteiger charge is -2.58. The van der Waals surface area contributed by atoms with Gasteiger partial charge in [0, 0.05) is 43.5 Å². The highest BCUT2D eigenvalue weighted by molar-refractivity contribution is 8.00. The fourth-order valence-corrected chi connectivity index (χ4v) is 10.9. The van der Waals surface area contributed by atoms with Gasteiger partial charge in [0.05, 0.1) is 23.5 Å². The Balaban J connectivity index is 1.25. The SMILES string of the molecule is C=CCOC12Oc3ccc(Oc4ccc5ccccc5c4)cc3C3C(CCCCO)C(CCCCO)C=C(C(=NOCc4ccccc4)CC1SCCc1ccncc1)C32. The number of hydrogen-bond acceptors (Lipinski definition) is 9. The van der Waals surface area contributed by atoms with E-state index in [1.54, 1.807) is 0 Å². The molecule has 0 radical (unpaired) electrons. The van der Waals surface area contributed by atoms with Crippen LogP contribution in [0.1, 0.15) is 67.6 Å². The van der Waals surface area contributed by atoms with Gasteiger partial charge < -0.3 is 29.3 Å². The maximum absolute atomic E-state index is 9.99. The molecule has 1 aromatic heterocycles. The fourth-order valence-electron chi connectivity index (χ4n) is 9.53. The van der Waals surface area contributed by atoms with Crippen molar-refractivity contribution in [2.24, 2.45) is 22.9 Å². The van der Waals surface area contributed by atoms with Gasteiger partial charge >= 0.3 is 0 Å². The van der Waals surface area contributed by atoms with E-state index in [0.717, 1.165) is 101 Å². The molecule has 4 aromatic carbocycles. The highest BCUT2D eigenvalue weighted by Gasteiger charge is 2.64. The Morgan fingerprint density at radius 3 is 2.38 bits per heavy atom. The minimum Gasteiger partial charge on any atom is -0.460 e. The van der Waals surface area contributed by atoms with Crippen LogP contribution in [0.4, 0.5) is 0 Å². The molecular formula is C51H56N2O6S. The number of pyridine rings is 1. The van der Waals surface area contributed by atoms with Gasteiger partial charge in [0.2, 0.25) is 5.79 Å². The third-order valence-corrected chi connectivity index (χ3v) is 13.6. The minimum absolute atomic E-state index is 0.0283. The summed E-state index contributed by atoms with van der Waals surface area (Å²) in [6.45, 7) is 5.08. The van der Waals surface area contributed by atoms with Crippen molar-refractivity contribution >= 4 is 28.2 Å². The van der Waals surface area contributed by atoms with Crippen molar-refractivity contribution in [2.45, 2.75) is 74.9 Å². The predicted octanol–water partition coefficient (Wildman–Crippen LogP) is 10.8. The highest BCUT2D eigenvalue weighted by Crippen LogP contribution is 2.62. The maximum Gasteiger partial charge on any atom is 0.230 e. The first kappa shape index (κ1) is 41.8. The summed E-state index contributed by atoms with van der Waals surface area (Å²) in [7, 11) is 0. The van der Waals surface area contributed by atoms with E-state index in [9.17, 15) is 10.2 Å². The molecule has 1 saturated carbocycles. The Morgan fingerprint density at radius 1 is 0.833 bits per heavy atom. The average Bonchev–Trinajstić information content (AvgIpc) is 3.28. The van der Waals surface area contributed by atoms with Crippen molar-refractivity contribution in [2.75, 3.05) is 25.6 Å². The molecule has 312 valence electrons. The number of allylic oxidation sites excluding steroid dienone is 1. The lowest BCUT2D eigenvalue weighted by molar-refractivity contribution is -0.223. The maximum atomic E-state index is 9.99. The van der Waals surface area contributed by atoms with Gasteiger partial charge in [-0.2, -0.15) is 11.8 Å². The second kappa shape index (κ2) is 20.1. The number of aliphatic hydroxyl groups excluding tert-OH is 2. The predicted molar refractivity (Wildman–Crippen MR) is 241 cm³/mol. The summed E-state index contributed by atoms with van der Waals surface area (Å²) in [5.74, 6) is 2.26. The molecule has 2 heterocycles. The zero-order valence-corrected chi connectivity index (χ0v) is 35.1. The zero-order chi connectivity index (χ0) is 41.2. The molecule has 0 spiro atoms. The first-order chi connectivity index (χ1) is 29.6. The van der Waals surface area contributed by atoms with Gasteiger partial charge in [0.15, 0.2) is 0 Å². The number of thioether (sulfide) groups is 1. The molecule has 6 atom stereocenters. The smallest absolute Gasteiger partial charge is 0.230 e. The number of oxime groups is 1. The first-order valence-corrected chi connectivity index (χ1v) is 22.6. The zero-order valence-electron chi connectivity index (χ0n) is 34.2. The summed E-state index contributed by atoms with van der Waals surface area (Å²) in [4.78, 5) is 10.5. The minimum atomic E-state index is -1.04. The molecule has 8 nitrogen and oxygen atoms in total. The highest BCUT2D eigenvalue weighted by atomic mass is 32.2. The van der Waals surface area contributed by atoms with Gasteiger partial charge in [0.1, 0.15) is 23.9 Å². The van der Waals surface area contributed by atoms with E-state index in [4.69, 9.17) is 24.2 Å². The summed E-state index contributed by atoms with van der Waals surface area (Å²) < 4.78 is 21.2. The number of ether oxygens (including phenoxy) is 3. The number of rotatable bonds is 20. The summed E-state index contributed by atoms with van der Waals surface area (Å²) in [6, 6.07) is 35.1. The third-order valence-electron chi connectivity index (χ3n) is 12.3. The van der Waals surface area contributed by atoms with Gasteiger partial charge in [0.25, 0.3) is 0 Å². The van der Waals surface area contributed by atoms with Crippen LogP contribution < -0.4 is 9.47 Å². The summed E-state index contributed by atoms with van der Waals surface area (Å²) in [6.07, 6.45) is 14.5. The molecule has 2 N–H and O–H groups in total. The van der Waals surface area contributed by atoms with Crippen LogP contribution in [0.25, 0.3) is 10.8 Å². The Kier molecular flexibility index (Phi) is 14.0. The average molecular weight is 825 g/mol. The number of aliphatic hydroxyl groups is 2. The van der Waals surface area contributed by atoms with Crippen LogP contribution in [-0.4, -0.2) is 57.5 Å². The van der Waals surface area contributed by atoms with Crippen molar-refractivity contribution in [3.8, 4) is 17.2 Å². The number of unbranched alkanes of at least 4 members (excludes halogenated alkanes) is 2. The third kappa shape index (κ3) is 9.35. The van der Waals surface area contributed by atoms with E-state index >= 15 is 0 Å². The Hall–Kier alpha value is -4.93. The Bertz CT molecular complexity index is 2250. The van der Waals surface area contributed by atoms with E-state index in [2.05, 4.69) is 78.3 Å². The number of benzene rings is 4. The lowest BCUT2D eigenvalue weighted by Crippen LogP contribution is -2.64. The number of aryl methyl sites for hydroxylation is 1. The van der Waals surface area contributed by atoms with Crippen LogP contribution >= 0.6 is 11.8 Å². The number of nitrogens with zero attached hydrogens (tertiary/aromatic N) is 2. The Morgan fingerprint density at radius 2 is 1.58 bits per heavy atom. The molecule has 1 aliphatic heterocycles. The molecule has 2 aliphatic carbocycles. The monoisotopic (exact) mass is 824 g/mol. The summed E-state index contributed by atoms with van der Waals surface area (Å²) in [5.41, 5.74) is 5.42. The normalized spacial score (nSPS) is 23.6. The van der Waals surface area contributed by atoms with E-state index in [1.807, 2.05) is 72.7 Å². The molecule has 0 bridgehead atoms. The van der Waals surface area contributed by atoms with E-state index in [-0.39, 0.29) is 42.1 Å². The number of hydrogen-bond donors (Lipinski definition) is 2. The molecule has 5 aromatic rings. The van der Waals surface area contributed by atoms with Crippen LogP contribution in [0.5, 0.6) is 17.2 Å². The molecule has 60 heavy (non-hydrogen) atoms. The number of fused-ring (bicyclic) bond motifs is 3. The van der Waals surface area contributed by atoms with Gasteiger partial charge in [-0.15, -0.1) is 6.58 Å². The van der Waals surface area contributed by atoms with E-state index < -0.39 is 5.79 Å². The second-order valence-electron chi connectivity index (χ2n) is 16.1. The quantitative estimate of drug-likeness (QED) is 0.0454. The van der Waals surface area contributed by atoms with Crippen LogP contribution in [0, 0.1) is 17.8 Å². The van der Waals surface area contributed by atoms with E-state index in [1.165, 1.54) is 5.56 Å². The van der Waals surface area contributed by atoms with Gasteiger partial charge in [-0.05, 0) is 120 Å². The van der Waals surface area contributed by atoms with Gasteiger partial charge in [-0.25, -0.2) is 0 Å². The van der Waals surface area contributed by atoms with Crippen molar-refractivity contribution in [3.63, 3.8) is 0 Å². The standard InChI is InChI=1S/C51H56N2O6S/c1-2-29-56-51-48(60-30-24-36-22-25-52-26-23-36)34-46(53-57-35-37-12-4-3-5-13-37)44-32-40(16-8-10-27-54)43(17-9-11-28-55)49(50(44)51)45-33-42(20-21-47(45)59-51)58-41-19-18-38-14-6-7-15-39(38)31-41/h2-7,12-15,18-23,25-26,31-33,40,43,48-50,54-55H,1,8-11,16-17,24,27-30,34-35H2.